The molecule has 8 nitrogen and oxygen atoms in total. The first-order valence-electron chi connectivity index (χ1n) is 12.8. The Kier molecular flexibility index (Phi) is 6.80. The highest BCUT2D eigenvalue weighted by atomic mass is 16.6. The van der Waals surface area contributed by atoms with Crippen LogP contribution in [0.2, 0.25) is 0 Å². The van der Waals surface area contributed by atoms with Crippen LogP contribution in [0.15, 0.2) is 16.8 Å². The van der Waals surface area contributed by atoms with Gasteiger partial charge in [-0.05, 0) is 87.5 Å². The Bertz CT molecular complexity index is 983. The maximum atomic E-state index is 12.0. The number of aliphatic hydroxyl groups excluding tert-OH is 1. The Balaban J connectivity index is 1.41. The topological polar surface area (TPSA) is 128 Å². The zero-order chi connectivity index (χ0) is 25.6. The lowest BCUT2D eigenvalue weighted by atomic mass is 9.46. The van der Waals surface area contributed by atoms with E-state index in [4.69, 9.17) is 16.4 Å². The third-order valence-electron chi connectivity index (χ3n) is 9.81. The monoisotopic (exact) mass is 486 g/mol. The van der Waals surface area contributed by atoms with Crippen molar-refractivity contribution in [2.24, 2.45) is 33.7 Å². The van der Waals surface area contributed by atoms with Crippen molar-refractivity contribution in [2.75, 3.05) is 6.61 Å². The van der Waals surface area contributed by atoms with Crippen molar-refractivity contribution >= 4 is 17.6 Å². The summed E-state index contributed by atoms with van der Waals surface area (Å²) in [6.45, 7) is 5.46. The molecule has 0 radical (unpaired) electrons. The summed E-state index contributed by atoms with van der Waals surface area (Å²) in [7, 11) is 0. The molecule has 35 heavy (non-hydrogen) atoms. The minimum absolute atomic E-state index is 0.0868. The molecule has 0 aromatic rings. The number of carbonyl (C=O) groups excluding carboxylic acids is 1. The van der Waals surface area contributed by atoms with Crippen LogP contribution >= 0.6 is 0 Å². The molecule has 0 aliphatic heterocycles. The molecule has 4 N–H and O–H groups in total. The molecule has 8 heteroatoms. The third-order valence-corrected chi connectivity index (χ3v) is 9.81. The molecule has 3 saturated carbocycles. The lowest BCUT2D eigenvalue weighted by Crippen LogP contribution is -2.54. The summed E-state index contributed by atoms with van der Waals surface area (Å²) in [5.74, 6) is 2.36. The molecule has 0 saturated heterocycles. The number of fused-ring (bicyclic) bond motifs is 5. The quantitative estimate of drug-likeness (QED) is 0.338. The minimum atomic E-state index is -1.39. The number of nitrogens with zero attached hydrogens (tertiary/aromatic N) is 1. The maximum Gasteiger partial charge on any atom is 0.328 e. The summed E-state index contributed by atoms with van der Waals surface area (Å²) in [5, 5.41) is 36.1. The van der Waals surface area contributed by atoms with E-state index in [1.807, 2.05) is 0 Å². The van der Waals surface area contributed by atoms with Crippen LogP contribution in [0.3, 0.4) is 0 Å². The smallest absolute Gasteiger partial charge is 0.328 e. The van der Waals surface area contributed by atoms with Gasteiger partial charge in [0, 0.05) is 5.41 Å². The van der Waals surface area contributed by atoms with Crippen molar-refractivity contribution < 1.29 is 29.7 Å². The average Bonchev–Trinajstić information content (AvgIpc) is 3.08. The van der Waals surface area contributed by atoms with Gasteiger partial charge in [0.2, 0.25) is 0 Å². The molecule has 4 rings (SSSR count). The summed E-state index contributed by atoms with van der Waals surface area (Å²) in [6, 6.07) is -1.39. The van der Waals surface area contributed by atoms with Crippen LogP contribution in [0, 0.1) is 40.9 Å². The van der Waals surface area contributed by atoms with Crippen LogP contribution in [0.25, 0.3) is 0 Å². The summed E-state index contributed by atoms with van der Waals surface area (Å²) in [6.07, 6.45) is 14.1. The zero-order valence-corrected chi connectivity index (χ0v) is 20.9. The fourth-order valence-electron chi connectivity index (χ4n) is 7.67. The molecule has 1 amide bonds. The lowest BCUT2D eigenvalue weighted by molar-refractivity contribution is -0.145. The number of hydrogen-bond acceptors (Lipinski definition) is 6. The Hall–Kier alpha value is -2.37. The second kappa shape index (κ2) is 9.25. The summed E-state index contributed by atoms with van der Waals surface area (Å²) in [5.41, 5.74) is 1.06. The highest BCUT2D eigenvalue weighted by Gasteiger charge is 2.63. The van der Waals surface area contributed by atoms with Crippen molar-refractivity contribution in [1.29, 1.82) is 0 Å². The molecule has 0 heterocycles. The van der Waals surface area contributed by atoms with Gasteiger partial charge in [-0.15, -0.1) is 6.42 Å². The highest BCUT2D eigenvalue weighted by Crippen LogP contribution is 2.67. The molecule has 0 spiro atoms. The fraction of sp³-hybridized carbons (Fsp3) is 0.741. The molecule has 8 atom stereocenters. The van der Waals surface area contributed by atoms with Crippen LogP contribution in [0.5, 0.6) is 0 Å². The van der Waals surface area contributed by atoms with E-state index >= 15 is 0 Å². The predicted molar refractivity (Wildman–Crippen MR) is 130 cm³/mol. The number of nitrogens with one attached hydrogen (secondary N) is 1. The van der Waals surface area contributed by atoms with E-state index in [1.165, 1.54) is 12.5 Å². The van der Waals surface area contributed by atoms with Gasteiger partial charge in [-0.3, -0.25) is 4.79 Å². The van der Waals surface area contributed by atoms with Gasteiger partial charge in [0.1, 0.15) is 5.60 Å². The first-order chi connectivity index (χ1) is 16.4. The molecule has 4 aliphatic rings. The highest BCUT2D eigenvalue weighted by molar-refractivity contribution is 5.96. The van der Waals surface area contributed by atoms with E-state index < -0.39 is 36.2 Å². The zero-order valence-electron chi connectivity index (χ0n) is 20.9. The van der Waals surface area contributed by atoms with Gasteiger partial charge >= 0.3 is 5.97 Å². The van der Waals surface area contributed by atoms with Gasteiger partial charge in [-0.25, -0.2) is 4.79 Å². The van der Waals surface area contributed by atoms with E-state index in [-0.39, 0.29) is 10.8 Å². The Morgan fingerprint density at radius 2 is 1.94 bits per heavy atom. The number of hydrogen-bond donors (Lipinski definition) is 4. The molecule has 0 bridgehead atoms. The van der Waals surface area contributed by atoms with Gasteiger partial charge in [0.25, 0.3) is 5.91 Å². The van der Waals surface area contributed by atoms with Gasteiger partial charge in [0.05, 0.1) is 11.8 Å². The number of rotatable bonds is 6. The molecule has 0 aromatic carbocycles. The average molecular weight is 487 g/mol. The minimum Gasteiger partial charge on any atom is -0.480 e. The summed E-state index contributed by atoms with van der Waals surface area (Å²) in [4.78, 5) is 28.3. The van der Waals surface area contributed by atoms with Gasteiger partial charge in [-0.1, -0.05) is 30.5 Å². The third kappa shape index (κ3) is 4.27. The number of aliphatic hydroxyl groups is 2. The number of aliphatic carboxylic acids is 1. The van der Waals surface area contributed by atoms with Crippen LogP contribution < -0.4 is 5.32 Å². The molecular weight excluding hydrogens is 448 g/mol. The second-order valence-electron chi connectivity index (χ2n) is 11.5. The number of amides is 1. The van der Waals surface area contributed by atoms with Gasteiger partial charge < -0.3 is 25.5 Å². The summed E-state index contributed by atoms with van der Waals surface area (Å²) >= 11 is 0. The predicted octanol–water partition coefficient (Wildman–Crippen LogP) is 2.64. The largest absolute Gasteiger partial charge is 0.480 e. The van der Waals surface area contributed by atoms with Crippen LogP contribution in [-0.2, 0) is 14.4 Å². The number of allylic oxidation sites excluding steroid dienone is 2. The molecule has 0 aromatic heterocycles. The standard InChI is InChI=1S/C27H38N2O6/c1-5-27(34)13-10-21-19-7-6-17-14-18(8-11-25(17,3)20(19)9-12-26(21,27)4)29-35-15-22(31)28-23(16(2)30)24(32)33/h1,14,16,19-21,23,30,34H,6-13,15H2,2-4H3,(H,28,31)(H,32,33)/b29-18+/t16-,19-,20+,21+,23+,25+,26+,27-/m1/s1. The van der Waals surface area contributed by atoms with Crippen molar-refractivity contribution in [3.63, 3.8) is 0 Å². The normalized spacial score (nSPS) is 40.9. The van der Waals surface area contributed by atoms with Crippen molar-refractivity contribution in [3.05, 3.63) is 11.6 Å². The van der Waals surface area contributed by atoms with Crippen LogP contribution in [0.4, 0.5) is 0 Å². The van der Waals surface area contributed by atoms with E-state index in [0.717, 1.165) is 50.7 Å². The molecular formula is C27H38N2O6. The number of carbonyl (C=O) groups is 2. The van der Waals surface area contributed by atoms with Gasteiger partial charge in [-0.2, -0.15) is 0 Å². The van der Waals surface area contributed by atoms with Crippen LogP contribution in [-0.4, -0.2) is 57.3 Å². The van der Waals surface area contributed by atoms with E-state index in [1.54, 1.807) is 0 Å². The Morgan fingerprint density at radius 1 is 1.23 bits per heavy atom. The molecule has 192 valence electrons. The fourth-order valence-corrected chi connectivity index (χ4v) is 7.67. The summed E-state index contributed by atoms with van der Waals surface area (Å²) < 4.78 is 0. The Morgan fingerprint density at radius 3 is 2.60 bits per heavy atom. The molecule has 3 fully saturated rings. The lowest BCUT2D eigenvalue weighted by Gasteiger charge is -2.58. The number of carboxylic acid groups (broad SMARTS) is 1. The Labute approximate surface area is 207 Å². The maximum absolute atomic E-state index is 12.0. The number of oxime groups is 1. The van der Waals surface area contributed by atoms with Gasteiger partial charge in [0.15, 0.2) is 12.6 Å². The second-order valence-corrected chi connectivity index (χ2v) is 11.5. The van der Waals surface area contributed by atoms with Crippen molar-refractivity contribution in [3.8, 4) is 12.3 Å². The van der Waals surface area contributed by atoms with Crippen LogP contribution in [0.1, 0.15) is 72.1 Å². The van der Waals surface area contributed by atoms with Crippen molar-refractivity contribution in [2.45, 2.75) is 89.9 Å². The first-order valence-corrected chi connectivity index (χ1v) is 12.8. The first kappa shape index (κ1) is 25.7. The van der Waals surface area contributed by atoms with E-state index in [0.29, 0.717) is 24.2 Å². The van der Waals surface area contributed by atoms with E-state index in [2.05, 4.69) is 36.3 Å². The molecule has 0 unspecified atom stereocenters. The SMILES string of the molecule is C#C[C@@]1(O)CC[C@H]2[C@@H]3CCC4=C/C(=N/OCC(=O)N[C@H](C(=O)O)[C@@H](C)O)CC[C@]4(C)[C@H]3CC[C@@]21C. The molecule has 4 aliphatic carbocycles. The number of carboxylic acids is 1. The number of terminal acetylenes is 1. The van der Waals surface area contributed by atoms with E-state index in [9.17, 15) is 19.8 Å². The van der Waals surface area contributed by atoms with Crippen molar-refractivity contribution in [1.82, 2.24) is 5.32 Å².